The summed E-state index contributed by atoms with van der Waals surface area (Å²) in [7, 11) is 0. The largest absolute Gasteiger partial charge is 0.481 e. The molecule has 192 valence electrons. The lowest BCUT2D eigenvalue weighted by molar-refractivity contribution is -0.190. The SMILES string of the molecule is C#CCN1CC(=O)N2[C@@H](CC(=O)O)C(=O)N(Cc3cccc(Cl)c3)C[C@@H]2N1C(=O)NCc1ccccc1. The zero-order valence-electron chi connectivity index (χ0n) is 19.9. The van der Waals surface area contributed by atoms with Crippen LogP contribution in [0, 0.1) is 12.3 Å². The molecule has 2 aromatic carbocycles. The second-order valence-electron chi connectivity index (χ2n) is 8.76. The smallest absolute Gasteiger partial charge is 0.334 e. The highest BCUT2D eigenvalue weighted by atomic mass is 35.5. The fourth-order valence-electron chi connectivity index (χ4n) is 4.66. The normalized spacial score (nSPS) is 19.8. The van der Waals surface area contributed by atoms with E-state index < -0.39 is 42.4 Å². The number of nitrogens with one attached hydrogen (secondary N) is 1. The first-order valence-corrected chi connectivity index (χ1v) is 12.0. The molecule has 2 heterocycles. The molecule has 0 radical (unpaired) electrons. The summed E-state index contributed by atoms with van der Waals surface area (Å²) in [5.41, 5.74) is 1.60. The van der Waals surface area contributed by atoms with E-state index in [9.17, 15) is 24.3 Å². The van der Waals surface area contributed by atoms with Gasteiger partial charge in [-0.25, -0.2) is 9.80 Å². The summed E-state index contributed by atoms with van der Waals surface area (Å²) in [5, 5.41) is 15.6. The van der Waals surface area contributed by atoms with Gasteiger partial charge in [0.25, 0.3) is 0 Å². The van der Waals surface area contributed by atoms with Crippen molar-refractivity contribution in [2.45, 2.75) is 31.7 Å². The van der Waals surface area contributed by atoms with Gasteiger partial charge in [0.05, 0.1) is 26.1 Å². The number of hydrazine groups is 1. The van der Waals surface area contributed by atoms with E-state index >= 15 is 0 Å². The molecule has 2 aliphatic heterocycles. The molecule has 2 aliphatic rings. The summed E-state index contributed by atoms with van der Waals surface area (Å²) in [6, 6.07) is 14.4. The number of carboxylic acids is 1. The van der Waals surface area contributed by atoms with Crippen molar-refractivity contribution in [3.8, 4) is 12.3 Å². The summed E-state index contributed by atoms with van der Waals surface area (Å²) in [6.07, 6.45) is 3.98. The highest BCUT2D eigenvalue weighted by Gasteiger charge is 2.51. The topological polar surface area (TPSA) is 114 Å². The lowest BCUT2D eigenvalue weighted by Crippen LogP contribution is -2.76. The standard InChI is InChI=1S/C26H26ClN5O5/c1-2-11-30-17-23(33)31-21(13-24(34)35)25(36)29(15-19-9-6-10-20(27)12-19)16-22(31)32(30)26(37)28-14-18-7-4-3-5-8-18/h1,3-10,12,21-22H,11,13-17H2,(H,28,37)(H,34,35)/t21-,22-/m0/s1. The molecule has 10 nitrogen and oxygen atoms in total. The van der Waals surface area contributed by atoms with E-state index in [0.717, 1.165) is 11.1 Å². The van der Waals surface area contributed by atoms with Gasteiger partial charge >= 0.3 is 12.0 Å². The lowest BCUT2D eigenvalue weighted by atomic mass is 10.0. The van der Waals surface area contributed by atoms with Crippen LogP contribution in [-0.4, -0.2) is 80.6 Å². The number of aliphatic carboxylic acids is 1. The average Bonchev–Trinajstić information content (AvgIpc) is 2.86. The minimum Gasteiger partial charge on any atom is -0.481 e. The van der Waals surface area contributed by atoms with Gasteiger partial charge in [0.15, 0.2) is 0 Å². The van der Waals surface area contributed by atoms with E-state index in [1.807, 2.05) is 30.3 Å². The van der Waals surface area contributed by atoms with E-state index in [1.165, 1.54) is 19.8 Å². The van der Waals surface area contributed by atoms with Gasteiger partial charge in [0, 0.05) is 18.1 Å². The molecule has 2 saturated heterocycles. The number of carbonyl (C=O) groups excluding carboxylic acids is 3. The second-order valence-corrected chi connectivity index (χ2v) is 9.20. The fraction of sp³-hybridized carbons (Fsp3) is 0.308. The molecule has 0 spiro atoms. The highest BCUT2D eigenvalue weighted by molar-refractivity contribution is 6.30. The summed E-state index contributed by atoms with van der Waals surface area (Å²) < 4.78 is 0. The van der Waals surface area contributed by atoms with E-state index in [1.54, 1.807) is 24.3 Å². The number of amides is 4. The number of carboxylic acid groups (broad SMARTS) is 1. The predicted octanol–water partition coefficient (Wildman–Crippen LogP) is 1.76. The van der Waals surface area contributed by atoms with Crippen LogP contribution < -0.4 is 5.32 Å². The number of hydrogen-bond donors (Lipinski definition) is 2. The molecule has 0 aliphatic carbocycles. The Bertz CT molecular complexity index is 1230. The van der Waals surface area contributed by atoms with Crippen LogP contribution in [0.15, 0.2) is 54.6 Å². The van der Waals surface area contributed by atoms with Crippen LogP contribution in [0.5, 0.6) is 0 Å². The Balaban J connectivity index is 1.67. The van der Waals surface area contributed by atoms with Crippen LogP contribution in [0.2, 0.25) is 5.02 Å². The van der Waals surface area contributed by atoms with Crippen LogP contribution in [0.1, 0.15) is 17.5 Å². The molecule has 11 heteroatoms. The molecule has 0 unspecified atom stereocenters. The third kappa shape index (κ3) is 5.85. The van der Waals surface area contributed by atoms with E-state index in [4.69, 9.17) is 18.0 Å². The first-order chi connectivity index (χ1) is 17.8. The molecule has 37 heavy (non-hydrogen) atoms. The van der Waals surface area contributed by atoms with Crippen molar-refractivity contribution in [1.82, 2.24) is 25.1 Å². The summed E-state index contributed by atoms with van der Waals surface area (Å²) in [6.45, 7) is 0.0258. The van der Waals surface area contributed by atoms with Crippen LogP contribution in [0.4, 0.5) is 4.79 Å². The fourth-order valence-corrected chi connectivity index (χ4v) is 4.87. The number of nitrogens with zero attached hydrogens (tertiary/aromatic N) is 4. The third-order valence-corrected chi connectivity index (χ3v) is 6.46. The molecular weight excluding hydrogens is 498 g/mol. The monoisotopic (exact) mass is 523 g/mol. The molecule has 2 aromatic rings. The first kappa shape index (κ1) is 26.0. The predicted molar refractivity (Wildman–Crippen MR) is 134 cm³/mol. The zero-order valence-corrected chi connectivity index (χ0v) is 20.7. The van der Waals surface area contributed by atoms with Crippen molar-refractivity contribution in [2.24, 2.45) is 0 Å². The summed E-state index contributed by atoms with van der Waals surface area (Å²) in [5.74, 6) is 0.241. The molecule has 2 atom stereocenters. The highest BCUT2D eigenvalue weighted by Crippen LogP contribution is 2.29. The van der Waals surface area contributed by atoms with Gasteiger partial charge < -0.3 is 20.2 Å². The van der Waals surface area contributed by atoms with Gasteiger partial charge in [0.2, 0.25) is 11.8 Å². The Morgan fingerprint density at radius 1 is 1.11 bits per heavy atom. The minimum atomic E-state index is -1.28. The number of hydrogen-bond acceptors (Lipinski definition) is 5. The number of piperazine rings is 1. The number of rotatable bonds is 7. The van der Waals surface area contributed by atoms with Crippen molar-refractivity contribution < 1.29 is 24.3 Å². The van der Waals surface area contributed by atoms with Crippen molar-refractivity contribution in [3.05, 3.63) is 70.7 Å². The van der Waals surface area contributed by atoms with E-state index in [0.29, 0.717) is 5.02 Å². The number of fused-ring (bicyclic) bond motifs is 1. The third-order valence-electron chi connectivity index (χ3n) is 6.23. The molecular formula is C26H26ClN5O5. The number of halogens is 1. The van der Waals surface area contributed by atoms with Crippen molar-refractivity contribution >= 4 is 35.4 Å². The molecule has 0 bridgehead atoms. The maximum Gasteiger partial charge on any atom is 0.334 e. The molecule has 0 aromatic heterocycles. The van der Waals surface area contributed by atoms with Crippen LogP contribution in [0.3, 0.4) is 0 Å². The maximum atomic E-state index is 13.5. The Kier molecular flexibility index (Phi) is 7.96. The molecule has 0 saturated carbocycles. The van der Waals surface area contributed by atoms with Crippen molar-refractivity contribution in [3.63, 3.8) is 0 Å². The van der Waals surface area contributed by atoms with Crippen LogP contribution >= 0.6 is 11.6 Å². The summed E-state index contributed by atoms with van der Waals surface area (Å²) in [4.78, 5) is 54.4. The Hall–Kier alpha value is -4.07. The van der Waals surface area contributed by atoms with Gasteiger partial charge in [-0.15, -0.1) is 6.42 Å². The van der Waals surface area contributed by atoms with Gasteiger partial charge in [0.1, 0.15) is 12.2 Å². The Morgan fingerprint density at radius 3 is 2.51 bits per heavy atom. The molecule has 4 amide bonds. The van der Waals surface area contributed by atoms with Crippen LogP contribution in [-0.2, 0) is 27.5 Å². The lowest BCUT2D eigenvalue weighted by Gasteiger charge is -2.54. The van der Waals surface area contributed by atoms with Gasteiger partial charge in [-0.2, -0.15) is 5.01 Å². The van der Waals surface area contributed by atoms with Gasteiger partial charge in [-0.1, -0.05) is 60.0 Å². The summed E-state index contributed by atoms with van der Waals surface area (Å²) >= 11 is 6.11. The second kappa shape index (κ2) is 11.3. The first-order valence-electron chi connectivity index (χ1n) is 11.6. The molecule has 2 fully saturated rings. The van der Waals surface area contributed by atoms with Crippen LogP contribution in [0.25, 0.3) is 0 Å². The van der Waals surface area contributed by atoms with E-state index in [-0.39, 0.29) is 32.7 Å². The number of benzene rings is 2. The van der Waals surface area contributed by atoms with Crippen molar-refractivity contribution in [1.29, 1.82) is 0 Å². The zero-order chi connectivity index (χ0) is 26.5. The van der Waals surface area contributed by atoms with Crippen molar-refractivity contribution in [2.75, 3.05) is 19.6 Å². The quantitative estimate of drug-likeness (QED) is 0.535. The van der Waals surface area contributed by atoms with Gasteiger partial charge in [-0.05, 0) is 23.3 Å². The minimum absolute atomic E-state index is 0.0271. The number of urea groups is 1. The number of terminal acetylenes is 1. The molecule has 4 rings (SSSR count). The van der Waals surface area contributed by atoms with Gasteiger partial charge in [-0.3, -0.25) is 14.4 Å². The van der Waals surface area contributed by atoms with E-state index in [2.05, 4.69) is 11.2 Å². The Morgan fingerprint density at radius 2 is 1.84 bits per heavy atom. The number of carbonyl (C=O) groups is 4. The Labute approximate surface area is 219 Å². The molecule has 2 N–H and O–H groups in total. The maximum absolute atomic E-state index is 13.5. The average molecular weight is 524 g/mol.